The van der Waals surface area contributed by atoms with Crippen LogP contribution in [0.3, 0.4) is 0 Å². The predicted molar refractivity (Wildman–Crippen MR) is 62.0 cm³/mol. The van der Waals surface area contributed by atoms with Gasteiger partial charge in [0.2, 0.25) is 0 Å². The fourth-order valence-corrected chi connectivity index (χ4v) is 2.27. The van der Waals surface area contributed by atoms with Gasteiger partial charge >= 0.3 is 0 Å². The maximum atomic E-state index is 9.93. The maximum absolute atomic E-state index is 9.93. The largest absolute Gasteiger partial charge is 0.370 e. The van der Waals surface area contributed by atoms with Crippen molar-refractivity contribution in [3.63, 3.8) is 0 Å². The molecule has 0 spiro atoms. The van der Waals surface area contributed by atoms with Crippen LogP contribution in [0.25, 0.3) is 0 Å². The van der Waals surface area contributed by atoms with Crippen LogP contribution in [0.2, 0.25) is 0 Å². The fraction of sp³-hybridized carbons (Fsp3) is 1.00. The van der Waals surface area contributed by atoms with Crippen LogP contribution in [-0.4, -0.2) is 30.2 Å². The van der Waals surface area contributed by atoms with Crippen LogP contribution in [-0.2, 0) is 9.47 Å². The molecule has 1 heterocycles. The van der Waals surface area contributed by atoms with Crippen molar-refractivity contribution in [2.24, 2.45) is 11.3 Å². The van der Waals surface area contributed by atoms with E-state index < -0.39 is 6.29 Å². The van der Waals surface area contributed by atoms with Crippen LogP contribution >= 0.6 is 0 Å². The molecule has 0 amide bonds. The highest BCUT2D eigenvalue weighted by Crippen LogP contribution is 2.39. The molecule has 0 aromatic rings. The van der Waals surface area contributed by atoms with Gasteiger partial charge < -0.3 is 14.6 Å². The van der Waals surface area contributed by atoms with E-state index in [4.69, 9.17) is 9.47 Å². The van der Waals surface area contributed by atoms with Gasteiger partial charge in [-0.2, -0.15) is 0 Å². The predicted octanol–water partition coefficient (Wildman–Crippen LogP) is 2.33. The standard InChI is InChI=1S/C13H24O3/c1-4-13(2,3)12(14)15-8-9-5-6-10-11(7-9)16-10/h9-12,14H,4-8H2,1-3H3. The molecule has 16 heavy (non-hydrogen) atoms. The highest BCUT2D eigenvalue weighted by molar-refractivity contribution is 4.91. The maximum Gasteiger partial charge on any atom is 0.159 e. The van der Waals surface area contributed by atoms with Gasteiger partial charge in [-0.25, -0.2) is 0 Å². The lowest BCUT2D eigenvalue weighted by molar-refractivity contribution is -0.173. The van der Waals surface area contributed by atoms with E-state index in [0.717, 1.165) is 12.8 Å². The summed E-state index contributed by atoms with van der Waals surface area (Å²) in [5.74, 6) is 0.575. The minimum Gasteiger partial charge on any atom is -0.370 e. The molecule has 4 unspecified atom stereocenters. The summed E-state index contributed by atoms with van der Waals surface area (Å²) in [5, 5.41) is 9.93. The molecule has 1 aliphatic heterocycles. The topological polar surface area (TPSA) is 42.0 Å². The summed E-state index contributed by atoms with van der Waals surface area (Å²) < 4.78 is 11.1. The molecule has 3 heteroatoms. The van der Waals surface area contributed by atoms with Crippen molar-refractivity contribution >= 4 is 0 Å². The van der Waals surface area contributed by atoms with E-state index in [1.54, 1.807) is 0 Å². The number of aliphatic hydroxyl groups is 1. The Bertz CT molecular complexity index is 239. The lowest BCUT2D eigenvalue weighted by Crippen LogP contribution is -2.33. The first-order chi connectivity index (χ1) is 7.53. The zero-order chi connectivity index (χ0) is 11.8. The average molecular weight is 228 g/mol. The van der Waals surface area contributed by atoms with E-state index >= 15 is 0 Å². The monoisotopic (exact) mass is 228 g/mol. The Hall–Kier alpha value is -0.120. The summed E-state index contributed by atoms with van der Waals surface area (Å²) in [6.45, 7) is 6.84. The van der Waals surface area contributed by atoms with Gasteiger partial charge in [0.15, 0.2) is 6.29 Å². The van der Waals surface area contributed by atoms with E-state index in [1.165, 1.54) is 12.8 Å². The van der Waals surface area contributed by atoms with E-state index in [-0.39, 0.29) is 5.41 Å². The Morgan fingerprint density at radius 2 is 2.12 bits per heavy atom. The van der Waals surface area contributed by atoms with Gasteiger partial charge in [0.25, 0.3) is 0 Å². The first kappa shape index (κ1) is 12.3. The lowest BCUT2D eigenvalue weighted by atomic mass is 9.88. The number of aliphatic hydroxyl groups excluding tert-OH is 1. The van der Waals surface area contributed by atoms with Gasteiger partial charge in [0.1, 0.15) is 0 Å². The molecule has 0 bridgehead atoms. The fourth-order valence-electron chi connectivity index (χ4n) is 2.27. The lowest BCUT2D eigenvalue weighted by Gasteiger charge is -2.30. The zero-order valence-corrected chi connectivity index (χ0v) is 10.6. The van der Waals surface area contributed by atoms with Gasteiger partial charge in [-0.05, 0) is 31.6 Å². The molecule has 1 saturated heterocycles. The number of hydrogen-bond donors (Lipinski definition) is 1. The second kappa shape index (κ2) is 4.63. The summed E-state index contributed by atoms with van der Waals surface area (Å²) in [6, 6.07) is 0. The van der Waals surface area contributed by atoms with Crippen molar-refractivity contribution in [3.8, 4) is 0 Å². The molecule has 0 aromatic heterocycles. The Labute approximate surface area is 98.1 Å². The molecule has 2 rings (SSSR count). The second-order valence-electron chi connectivity index (χ2n) is 5.92. The van der Waals surface area contributed by atoms with Crippen LogP contribution < -0.4 is 0 Å². The van der Waals surface area contributed by atoms with Gasteiger partial charge in [0, 0.05) is 5.41 Å². The van der Waals surface area contributed by atoms with Crippen molar-refractivity contribution in [2.75, 3.05) is 6.61 Å². The molecule has 1 N–H and O–H groups in total. The van der Waals surface area contributed by atoms with Crippen LogP contribution in [0.5, 0.6) is 0 Å². The smallest absolute Gasteiger partial charge is 0.159 e. The molecule has 4 atom stereocenters. The number of fused-ring (bicyclic) bond motifs is 1. The van der Waals surface area contributed by atoms with Crippen molar-refractivity contribution in [2.45, 2.75) is 65.0 Å². The molecule has 3 nitrogen and oxygen atoms in total. The van der Waals surface area contributed by atoms with Crippen LogP contribution in [0.1, 0.15) is 46.5 Å². The van der Waals surface area contributed by atoms with Crippen LogP contribution in [0.15, 0.2) is 0 Å². The summed E-state index contributed by atoms with van der Waals surface area (Å²) in [5.41, 5.74) is -0.146. The van der Waals surface area contributed by atoms with E-state index in [1.807, 2.05) is 13.8 Å². The third kappa shape index (κ3) is 2.76. The van der Waals surface area contributed by atoms with Gasteiger partial charge in [-0.3, -0.25) is 0 Å². The quantitative estimate of drug-likeness (QED) is 0.580. The van der Waals surface area contributed by atoms with Crippen molar-refractivity contribution in [3.05, 3.63) is 0 Å². The molecule has 2 fully saturated rings. The SMILES string of the molecule is CCC(C)(C)C(O)OCC1CCC2OC2C1. The molecular weight excluding hydrogens is 204 g/mol. The van der Waals surface area contributed by atoms with Crippen molar-refractivity contribution in [1.29, 1.82) is 0 Å². The van der Waals surface area contributed by atoms with Gasteiger partial charge in [-0.1, -0.05) is 20.8 Å². The van der Waals surface area contributed by atoms with Crippen LogP contribution in [0.4, 0.5) is 0 Å². The summed E-state index contributed by atoms with van der Waals surface area (Å²) >= 11 is 0. The third-order valence-electron chi connectivity index (χ3n) is 4.18. The minimum absolute atomic E-state index is 0.146. The molecule has 0 aromatic carbocycles. The van der Waals surface area contributed by atoms with Gasteiger partial charge in [0.05, 0.1) is 18.8 Å². The molecular formula is C13H24O3. The Kier molecular flexibility index (Phi) is 3.57. The highest BCUT2D eigenvalue weighted by Gasteiger charge is 2.44. The molecule has 1 aliphatic carbocycles. The Morgan fingerprint density at radius 3 is 2.75 bits per heavy atom. The summed E-state index contributed by atoms with van der Waals surface area (Å²) in [7, 11) is 0. The Balaban J connectivity index is 1.70. The average Bonchev–Trinajstić information content (AvgIpc) is 3.03. The van der Waals surface area contributed by atoms with Gasteiger partial charge in [-0.15, -0.1) is 0 Å². The third-order valence-corrected chi connectivity index (χ3v) is 4.18. The molecule has 94 valence electrons. The zero-order valence-electron chi connectivity index (χ0n) is 10.6. The first-order valence-electron chi connectivity index (χ1n) is 6.48. The van der Waals surface area contributed by atoms with E-state index in [0.29, 0.717) is 24.7 Å². The van der Waals surface area contributed by atoms with Crippen molar-refractivity contribution in [1.82, 2.24) is 0 Å². The van der Waals surface area contributed by atoms with Crippen LogP contribution in [0, 0.1) is 11.3 Å². The number of ether oxygens (including phenoxy) is 2. The first-order valence-corrected chi connectivity index (χ1v) is 6.48. The van der Waals surface area contributed by atoms with Crippen molar-refractivity contribution < 1.29 is 14.6 Å². The highest BCUT2D eigenvalue weighted by atomic mass is 16.6. The number of hydrogen-bond acceptors (Lipinski definition) is 3. The number of rotatable bonds is 5. The minimum atomic E-state index is -0.643. The second-order valence-corrected chi connectivity index (χ2v) is 5.92. The molecule has 2 aliphatic rings. The summed E-state index contributed by atoms with van der Waals surface area (Å²) in [6.07, 6.45) is 4.80. The number of epoxide rings is 1. The normalized spacial score (nSPS) is 35.6. The summed E-state index contributed by atoms with van der Waals surface area (Å²) in [4.78, 5) is 0. The molecule has 1 saturated carbocycles. The Morgan fingerprint density at radius 1 is 1.38 bits per heavy atom. The van der Waals surface area contributed by atoms with E-state index in [9.17, 15) is 5.11 Å². The molecule has 0 radical (unpaired) electrons. The van der Waals surface area contributed by atoms with E-state index in [2.05, 4.69) is 6.92 Å².